The van der Waals surface area contributed by atoms with Crippen molar-refractivity contribution in [1.82, 2.24) is 9.78 Å². The Balaban J connectivity index is 1.96. The molecule has 0 bridgehead atoms. The van der Waals surface area contributed by atoms with Crippen LogP contribution in [0.3, 0.4) is 0 Å². The Kier molecular flexibility index (Phi) is 6.55. The second kappa shape index (κ2) is 8.64. The summed E-state index contributed by atoms with van der Waals surface area (Å²) in [7, 11) is 0. The van der Waals surface area contributed by atoms with Crippen LogP contribution in [0.25, 0.3) is 0 Å². The molecular formula is C16H14Cl2N2O5. The summed E-state index contributed by atoms with van der Waals surface area (Å²) in [6.45, 7) is 1.11. The van der Waals surface area contributed by atoms with E-state index < -0.39 is 18.1 Å². The Morgan fingerprint density at radius 1 is 1.20 bits per heavy atom. The third-order valence-electron chi connectivity index (χ3n) is 2.98. The molecule has 2 rings (SSSR count). The average Bonchev–Trinajstić information content (AvgIpc) is 2.54. The Morgan fingerprint density at radius 3 is 2.64 bits per heavy atom. The molecule has 2 aromatic rings. The number of Topliss-reactive ketones (excluding diaryl/α,β-unsaturated/α-hetero) is 1. The van der Waals surface area contributed by atoms with Crippen molar-refractivity contribution < 1.29 is 19.1 Å². The summed E-state index contributed by atoms with van der Waals surface area (Å²) in [6, 6.07) is 7.04. The van der Waals surface area contributed by atoms with Gasteiger partial charge in [-0.25, -0.2) is 9.48 Å². The zero-order valence-electron chi connectivity index (χ0n) is 13.2. The molecule has 0 radical (unpaired) electrons. The molecule has 0 atom stereocenters. The summed E-state index contributed by atoms with van der Waals surface area (Å²) in [4.78, 5) is 34.5. The van der Waals surface area contributed by atoms with Crippen molar-refractivity contribution in [2.75, 3.05) is 6.61 Å². The molecule has 132 valence electrons. The molecule has 0 aliphatic rings. The highest BCUT2D eigenvalue weighted by Gasteiger charge is 2.11. The molecule has 0 spiro atoms. The molecule has 9 heteroatoms. The standard InChI is InChI=1S/C16H14Cl2N2O5/c1-10(21)6-7-20-15(22)5-4-14(19-20)25-16(23)9-24-13-3-2-11(17)8-12(13)18/h2-5,8H,6-7,9H2,1H3. The molecule has 0 unspecified atom stereocenters. The smallest absolute Gasteiger partial charge is 0.350 e. The van der Waals surface area contributed by atoms with Gasteiger partial charge in [0.05, 0.1) is 11.6 Å². The largest absolute Gasteiger partial charge is 0.480 e. The number of hydrogen-bond donors (Lipinski definition) is 0. The number of nitrogens with zero attached hydrogens (tertiary/aromatic N) is 2. The maximum Gasteiger partial charge on any atom is 0.350 e. The van der Waals surface area contributed by atoms with Gasteiger partial charge in [0.25, 0.3) is 5.56 Å². The van der Waals surface area contributed by atoms with E-state index >= 15 is 0 Å². The number of aromatic nitrogens is 2. The van der Waals surface area contributed by atoms with E-state index in [4.69, 9.17) is 32.7 Å². The Hall–Kier alpha value is -2.38. The van der Waals surface area contributed by atoms with E-state index in [0.29, 0.717) is 5.02 Å². The van der Waals surface area contributed by atoms with Gasteiger partial charge < -0.3 is 9.47 Å². The average molecular weight is 385 g/mol. The zero-order valence-corrected chi connectivity index (χ0v) is 14.7. The van der Waals surface area contributed by atoms with E-state index in [1.807, 2.05) is 0 Å². The Labute approximate surface area is 153 Å². The monoisotopic (exact) mass is 384 g/mol. The van der Waals surface area contributed by atoms with Gasteiger partial charge in [-0.2, -0.15) is 0 Å². The number of aryl methyl sites for hydroxylation is 1. The minimum Gasteiger partial charge on any atom is -0.480 e. The Morgan fingerprint density at radius 2 is 1.96 bits per heavy atom. The molecule has 0 saturated carbocycles. The van der Waals surface area contributed by atoms with Gasteiger partial charge in [0, 0.05) is 23.6 Å². The molecule has 0 N–H and O–H groups in total. The van der Waals surface area contributed by atoms with E-state index in [2.05, 4.69) is 5.10 Å². The van der Waals surface area contributed by atoms with Gasteiger partial charge >= 0.3 is 5.97 Å². The summed E-state index contributed by atoms with van der Waals surface area (Å²) in [5.41, 5.74) is -0.398. The fourth-order valence-electron chi connectivity index (χ4n) is 1.78. The highest BCUT2D eigenvalue weighted by atomic mass is 35.5. The van der Waals surface area contributed by atoms with Gasteiger partial charge in [0.2, 0.25) is 5.88 Å². The lowest BCUT2D eigenvalue weighted by molar-refractivity contribution is -0.137. The van der Waals surface area contributed by atoms with Crippen molar-refractivity contribution in [2.24, 2.45) is 0 Å². The van der Waals surface area contributed by atoms with Crippen LogP contribution in [0.2, 0.25) is 10.0 Å². The predicted octanol–water partition coefficient (Wildman–Crippen LogP) is 2.51. The van der Waals surface area contributed by atoms with Crippen LogP contribution in [0, 0.1) is 0 Å². The second-order valence-corrected chi connectivity index (χ2v) is 5.87. The van der Waals surface area contributed by atoms with Crippen molar-refractivity contribution in [1.29, 1.82) is 0 Å². The number of halogens is 2. The lowest BCUT2D eigenvalue weighted by Crippen LogP contribution is -2.25. The zero-order chi connectivity index (χ0) is 18.4. The first-order valence-corrected chi connectivity index (χ1v) is 7.97. The number of ether oxygens (including phenoxy) is 2. The summed E-state index contributed by atoms with van der Waals surface area (Å²) in [6.07, 6.45) is 0.155. The van der Waals surface area contributed by atoms with E-state index in [0.717, 1.165) is 4.68 Å². The lowest BCUT2D eigenvalue weighted by atomic mass is 10.3. The maximum atomic E-state index is 11.8. The van der Waals surface area contributed by atoms with Crippen LogP contribution in [0.1, 0.15) is 13.3 Å². The van der Waals surface area contributed by atoms with Gasteiger partial charge in [-0.1, -0.05) is 23.2 Å². The van der Waals surface area contributed by atoms with Crippen molar-refractivity contribution in [2.45, 2.75) is 19.9 Å². The van der Waals surface area contributed by atoms with E-state index in [9.17, 15) is 14.4 Å². The van der Waals surface area contributed by atoms with Crippen LogP contribution >= 0.6 is 23.2 Å². The summed E-state index contributed by atoms with van der Waals surface area (Å²) in [5, 5.41) is 4.58. The fraction of sp³-hybridized carbons (Fsp3) is 0.250. The van der Waals surface area contributed by atoms with Crippen LogP contribution < -0.4 is 15.0 Å². The normalized spacial score (nSPS) is 10.4. The van der Waals surface area contributed by atoms with Crippen LogP contribution in [-0.2, 0) is 16.1 Å². The number of esters is 1. The number of carbonyl (C=O) groups is 2. The number of ketones is 1. The number of benzene rings is 1. The van der Waals surface area contributed by atoms with Crippen LogP contribution in [0.4, 0.5) is 0 Å². The number of hydrogen-bond acceptors (Lipinski definition) is 6. The van der Waals surface area contributed by atoms with Crippen LogP contribution in [0.15, 0.2) is 35.1 Å². The van der Waals surface area contributed by atoms with Gasteiger partial charge in [-0.15, -0.1) is 5.10 Å². The molecule has 1 aromatic carbocycles. The molecule has 0 aliphatic heterocycles. The highest BCUT2D eigenvalue weighted by molar-refractivity contribution is 6.35. The van der Waals surface area contributed by atoms with Gasteiger partial charge in [-0.3, -0.25) is 9.59 Å². The summed E-state index contributed by atoms with van der Waals surface area (Å²) in [5.74, 6) is -0.596. The second-order valence-electron chi connectivity index (χ2n) is 5.02. The van der Waals surface area contributed by atoms with Gasteiger partial charge in [0.15, 0.2) is 6.61 Å². The van der Waals surface area contributed by atoms with E-state index in [1.54, 1.807) is 6.07 Å². The quantitative estimate of drug-likeness (QED) is 0.681. The minimum absolute atomic E-state index is 0.0704. The summed E-state index contributed by atoms with van der Waals surface area (Å²) >= 11 is 11.7. The molecule has 0 aliphatic carbocycles. The lowest BCUT2D eigenvalue weighted by Gasteiger charge is -2.09. The number of carbonyl (C=O) groups excluding carboxylic acids is 2. The van der Waals surface area contributed by atoms with Crippen molar-refractivity contribution >= 4 is 35.0 Å². The minimum atomic E-state index is -0.727. The molecule has 0 fully saturated rings. The third kappa shape index (κ3) is 5.88. The maximum absolute atomic E-state index is 11.8. The van der Waals surface area contributed by atoms with Gasteiger partial charge in [0.1, 0.15) is 11.5 Å². The van der Waals surface area contributed by atoms with Crippen molar-refractivity contribution in [3.05, 3.63) is 50.7 Å². The topological polar surface area (TPSA) is 87.5 Å². The van der Waals surface area contributed by atoms with Crippen LogP contribution in [-0.4, -0.2) is 28.1 Å². The molecular weight excluding hydrogens is 371 g/mol. The van der Waals surface area contributed by atoms with Gasteiger partial charge in [-0.05, 0) is 25.1 Å². The molecule has 0 saturated heterocycles. The first-order valence-electron chi connectivity index (χ1n) is 7.21. The van der Waals surface area contributed by atoms with E-state index in [1.165, 1.54) is 31.2 Å². The molecule has 1 aromatic heterocycles. The Bertz CT molecular complexity index is 851. The molecule has 0 amide bonds. The predicted molar refractivity (Wildman–Crippen MR) is 91.4 cm³/mol. The molecule has 1 heterocycles. The molecule has 25 heavy (non-hydrogen) atoms. The fourth-order valence-corrected chi connectivity index (χ4v) is 2.25. The van der Waals surface area contributed by atoms with E-state index in [-0.39, 0.29) is 35.4 Å². The van der Waals surface area contributed by atoms with Crippen molar-refractivity contribution in [3.63, 3.8) is 0 Å². The number of rotatable bonds is 7. The first-order chi connectivity index (χ1) is 11.8. The van der Waals surface area contributed by atoms with Crippen molar-refractivity contribution in [3.8, 4) is 11.6 Å². The summed E-state index contributed by atoms with van der Waals surface area (Å²) < 4.78 is 11.3. The molecule has 7 nitrogen and oxygen atoms in total. The SMILES string of the molecule is CC(=O)CCn1nc(OC(=O)COc2ccc(Cl)cc2Cl)ccc1=O. The highest BCUT2D eigenvalue weighted by Crippen LogP contribution is 2.27. The third-order valence-corrected chi connectivity index (χ3v) is 3.51. The van der Waals surface area contributed by atoms with Crippen LogP contribution in [0.5, 0.6) is 11.6 Å². The first kappa shape index (κ1) is 19.0.